The number of H-pyrrole nitrogens is 1. The van der Waals surface area contributed by atoms with Crippen LogP contribution < -0.4 is 0 Å². The predicted molar refractivity (Wildman–Crippen MR) is 66.2 cm³/mol. The number of para-hydroxylation sites is 1. The molecule has 1 aliphatic rings. The van der Waals surface area contributed by atoms with Crippen LogP contribution in [0.3, 0.4) is 0 Å². The zero-order chi connectivity index (χ0) is 12.7. The van der Waals surface area contributed by atoms with Crippen LogP contribution in [0.4, 0.5) is 0 Å². The number of benzene rings is 1. The molecule has 1 saturated heterocycles. The summed E-state index contributed by atoms with van der Waals surface area (Å²) in [5.74, 6) is -0.193. The van der Waals surface area contributed by atoms with Crippen molar-refractivity contribution in [2.24, 2.45) is 0 Å². The molecule has 3 rings (SSSR count). The van der Waals surface area contributed by atoms with E-state index in [2.05, 4.69) is 4.98 Å². The number of aromatic amines is 1. The second kappa shape index (κ2) is 4.12. The van der Waals surface area contributed by atoms with E-state index in [1.54, 1.807) is 6.07 Å². The molecule has 94 valence electrons. The summed E-state index contributed by atoms with van der Waals surface area (Å²) in [6.45, 7) is 0.352. The summed E-state index contributed by atoms with van der Waals surface area (Å²) in [5, 5.41) is 19.9. The third kappa shape index (κ3) is 1.77. The highest BCUT2D eigenvalue weighted by atomic mass is 16.3. The second-order valence-corrected chi connectivity index (χ2v) is 4.62. The number of rotatable bonds is 1. The van der Waals surface area contributed by atoms with Crippen LogP contribution in [0.1, 0.15) is 10.5 Å². The highest BCUT2D eigenvalue weighted by Crippen LogP contribution is 2.18. The summed E-state index contributed by atoms with van der Waals surface area (Å²) >= 11 is 0. The SMILES string of the molecule is O=C(c1cc2ccccc2[nH]1)N1CC(O)C(O)C1. The Bertz CT molecular complexity index is 550. The van der Waals surface area contributed by atoms with Crippen molar-refractivity contribution in [3.05, 3.63) is 36.0 Å². The van der Waals surface area contributed by atoms with Crippen molar-refractivity contribution >= 4 is 16.8 Å². The van der Waals surface area contributed by atoms with Crippen molar-refractivity contribution in [3.8, 4) is 0 Å². The molecule has 1 aromatic heterocycles. The van der Waals surface area contributed by atoms with Crippen molar-refractivity contribution in [1.82, 2.24) is 9.88 Å². The number of fused-ring (bicyclic) bond motifs is 1. The number of hydrogen-bond acceptors (Lipinski definition) is 3. The van der Waals surface area contributed by atoms with E-state index in [-0.39, 0.29) is 19.0 Å². The van der Waals surface area contributed by atoms with Crippen LogP contribution in [-0.4, -0.2) is 51.3 Å². The molecule has 1 aliphatic heterocycles. The van der Waals surface area contributed by atoms with Gasteiger partial charge in [-0.15, -0.1) is 0 Å². The quantitative estimate of drug-likeness (QED) is 0.679. The molecule has 1 amide bonds. The maximum atomic E-state index is 12.2. The number of carbonyl (C=O) groups is 1. The van der Waals surface area contributed by atoms with Crippen LogP contribution in [0.2, 0.25) is 0 Å². The maximum absolute atomic E-state index is 12.2. The molecule has 1 fully saturated rings. The lowest BCUT2D eigenvalue weighted by molar-refractivity contribution is 0.0572. The predicted octanol–water partition coefficient (Wildman–Crippen LogP) is 0.346. The lowest BCUT2D eigenvalue weighted by atomic mass is 10.2. The normalized spacial score (nSPS) is 23.8. The molecule has 5 nitrogen and oxygen atoms in total. The van der Waals surface area contributed by atoms with E-state index in [4.69, 9.17) is 0 Å². The molecule has 3 N–H and O–H groups in total. The fourth-order valence-electron chi connectivity index (χ4n) is 2.29. The fourth-order valence-corrected chi connectivity index (χ4v) is 2.29. The van der Waals surface area contributed by atoms with Crippen molar-refractivity contribution < 1.29 is 15.0 Å². The molecule has 0 aliphatic carbocycles. The average molecular weight is 246 g/mol. The smallest absolute Gasteiger partial charge is 0.270 e. The van der Waals surface area contributed by atoms with Gasteiger partial charge >= 0.3 is 0 Å². The monoisotopic (exact) mass is 246 g/mol. The zero-order valence-electron chi connectivity index (χ0n) is 9.71. The van der Waals surface area contributed by atoms with E-state index < -0.39 is 12.2 Å². The van der Waals surface area contributed by atoms with Gasteiger partial charge in [-0.3, -0.25) is 4.79 Å². The van der Waals surface area contributed by atoms with Gasteiger partial charge < -0.3 is 20.1 Å². The number of aliphatic hydroxyl groups excluding tert-OH is 2. The van der Waals surface area contributed by atoms with Gasteiger partial charge in [0.05, 0.1) is 12.2 Å². The van der Waals surface area contributed by atoms with Gasteiger partial charge in [-0.25, -0.2) is 0 Å². The number of nitrogens with one attached hydrogen (secondary N) is 1. The highest BCUT2D eigenvalue weighted by molar-refractivity contribution is 5.98. The maximum Gasteiger partial charge on any atom is 0.270 e. The number of nitrogens with zero attached hydrogens (tertiary/aromatic N) is 1. The molecule has 0 radical (unpaired) electrons. The van der Waals surface area contributed by atoms with Gasteiger partial charge in [0.15, 0.2) is 0 Å². The van der Waals surface area contributed by atoms with Gasteiger partial charge in [-0.05, 0) is 12.1 Å². The Hall–Kier alpha value is -1.85. The van der Waals surface area contributed by atoms with E-state index in [1.807, 2.05) is 24.3 Å². The lowest BCUT2D eigenvalue weighted by Gasteiger charge is -2.13. The first kappa shape index (κ1) is 11.3. The van der Waals surface area contributed by atoms with Crippen LogP contribution in [0, 0.1) is 0 Å². The van der Waals surface area contributed by atoms with Gasteiger partial charge in [0, 0.05) is 24.0 Å². The molecule has 2 unspecified atom stereocenters. The second-order valence-electron chi connectivity index (χ2n) is 4.62. The third-order valence-electron chi connectivity index (χ3n) is 3.31. The van der Waals surface area contributed by atoms with Crippen molar-refractivity contribution in [2.75, 3.05) is 13.1 Å². The number of carbonyl (C=O) groups excluding carboxylic acids is 1. The highest BCUT2D eigenvalue weighted by Gasteiger charge is 2.33. The van der Waals surface area contributed by atoms with Gasteiger partial charge in [-0.1, -0.05) is 18.2 Å². The average Bonchev–Trinajstić information content (AvgIpc) is 2.93. The largest absolute Gasteiger partial charge is 0.388 e. The molecule has 0 bridgehead atoms. The Labute approximate surface area is 104 Å². The van der Waals surface area contributed by atoms with Crippen molar-refractivity contribution in [2.45, 2.75) is 12.2 Å². The van der Waals surface area contributed by atoms with Crippen molar-refractivity contribution in [1.29, 1.82) is 0 Å². The topological polar surface area (TPSA) is 76.6 Å². The lowest BCUT2D eigenvalue weighted by Crippen LogP contribution is -2.30. The summed E-state index contributed by atoms with van der Waals surface area (Å²) < 4.78 is 0. The molecule has 2 atom stereocenters. The Kier molecular flexibility index (Phi) is 2.57. The molecule has 18 heavy (non-hydrogen) atoms. The Morgan fingerprint density at radius 2 is 1.89 bits per heavy atom. The van der Waals surface area contributed by atoms with Gasteiger partial charge in [-0.2, -0.15) is 0 Å². The Morgan fingerprint density at radius 3 is 2.56 bits per heavy atom. The number of amides is 1. The number of aromatic nitrogens is 1. The standard InChI is InChI=1S/C13H14N2O3/c16-11-6-15(7-12(11)17)13(18)10-5-8-3-1-2-4-9(8)14-10/h1-5,11-12,14,16-17H,6-7H2. The van der Waals surface area contributed by atoms with E-state index in [0.717, 1.165) is 10.9 Å². The summed E-state index contributed by atoms with van der Waals surface area (Å²) in [5.41, 5.74) is 1.39. The summed E-state index contributed by atoms with van der Waals surface area (Å²) in [6.07, 6.45) is -1.70. The summed E-state index contributed by atoms with van der Waals surface area (Å²) in [6, 6.07) is 9.43. The minimum atomic E-state index is -0.849. The number of aliphatic hydroxyl groups is 2. The van der Waals surface area contributed by atoms with E-state index in [9.17, 15) is 15.0 Å². The molecule has 0 saturated carbocycles. The van der Waals surface area contributed by atoms with E-state index >= 15 is 0 Å². The van der Waals surface area contributed by atoms with Gasteiger partial charge in [0.1, 0.15) is 5.69 Å². The Balaban J connectivity index is 1.88. The number of likely N-dealkylation sites (tertiary alicyclic amines) is 1. The first-order valence-corrected chi connectivity index (χ1v) is 5.88. The van der Waals surface area contributed by atoms with Gasteiger partial charge in [0.2, 0.25) is 0 Å². The van der Waals surface area contributed by atoms with E-state index in [0.29, 0.717) is 5.69 Å². The number of β-amino-alcohol motifs (C(OH)–C–C–N with tert-alkyl or cyclic N) is 2. The first-order valence-electron chi connectivity index (χ1n) is 5.88. The molecule has 5 heteroatoms. The van der Waals surface area contributed by atoms with Crippen LogP contribution in [0.5, 0.6) is 0 Å². The first-order chi connectivity index (χ1) is 8.65. The number of hydrogen-bond donors (Lipinski definition) is 3. The fraction of sp³-hybridized carbons (Fsp3) is 0.308. The van der Waals surface area contributed by atoms with Crippen LogP contribution in [0.15, 0.2) is 30.3 Å². The van der Waals surface area contributed by atoms with Gasteiger partial charge in [0.25, 0.3) is 5.91 Å². The third-order valence-corrected chi connectivity index (χ3v) is 3.31. The summed E-state index contributed by atoms with van der Waals surface area (Å²) in [7, 11) is 0. The van der Waals surface area contributed by atoms with Crippen LogP contribution in [-0.2, 0) is 0 Å². The van der Waals surface area contributed by atoms with E-state index in [1.165, 1.54) is 4.90 Å². The molecule has 1 aromatic carbocycles. The molecule has 2 heterocycles. The molecular formula is C13H14N2O3. The van der Waals surface area contributed by atoms with Crippen LogP contribution >= 0.6 is 0 Å². The zero-order valence-corrected chi connectivity index (χ0v) is 9.71. The van der Waals surface area contributed by atoms with Crippen molar-refractivity contribution in [3.63, 3.8) is 0 Å². The molecule has 2 aromatic rings. The summed E-state index contributed by atoms with van der Waals surface area (Å²) in [4.78, 5) is 16.7. The minimum absolute atomic E-state index is 0.176. The molecular weight excluding hydrogens is 232 g/mol. The minimum Gasteiger partial charge on any atom is -0.388 e. The Morgan fingerprint density at radius 1 is 1.22 bits per heavy atom. The van der Waals surface area contributed by atoms with Crippen LogP contribution in [0.25, 0.3) is 10.9 Å². The molecule has 0 spiro atoms.